The first-order valence-electron chi connectivity index (χ1n) is 4.67. The molecule has 0 saturated heterocycles. The lowest BCUT2D eigenvalue weighted by Crippen LogP contribution is -2.48. The lowest BCUT2D eigenvalue weighted by molar-refractivity contribution is 0.258. The van der Waals surface area contributed by atoms with Crippen LogP contribution in [0.2, 0.25) is 0 Å². The molecule has 0 spiro atoms. The summed E-state index contributed by atoms with van der Waals surface area (Å²) >= 11 is 0. The van der Waals surface area contributed by atoms with Gasteiger partial charge in [-0.05, 0) is 33.1 Å². The van der Waals surface area contributed by atoms with Gasteiger partial charge in [-0.25, -0.2) is 0 Å². The Balaban J connectivity index is 3.90. The van der Waals surface area contributed by atoms with Crippen molar-refractivity contribution in [2.24, 2.45) is 5.92 Å². The van der Waals surface area contributed by atoms with E-state index in [0.717, 1.165) is 0 Å². The molecule has 0 aliphatic rings. The SMILES string of the molecule is CC[C@H](C)NC(C)(C)C(C)C. The molecular formula is C10H23N. The van der Waals surface area contributed by atoms with Gasteiger partial charge in [-0.15, -0.1) is 0 Å². The third-order valence-electron chi connectivity index (χ3n) is 2.67. The van der Waals surface area contributed by atoms with Crippen LogP contribution < -0.4 is 5.32 Å². The maximum atomic E-state index is 3.61. The second kappa shape index (κ2) is 4.10. The molecule has 68 valence electrons. The topological polar surface area (TPSA) is 12.0 Å². The van der Waals surface area contributed by atoms with Gasteiger partial charge in [-0.3, -0.25) is 0 Å². The lowest BCUT2D eigenvalue weighted by atomic mass is 9.90. The fraction of sp³-hybridized carbons (Fsp3) is 1.00. The molecule has 0 radical (unpaired) electrons. The van der Waals surface area contributed by atoms with Gasteiger partial charge in [0.1, 0.15) is 0 Å². The highest BCUT2D eigenvalue weighted by molar-refractivity contribution is 4.82. The van der Waals surface area contributed by atoms with Crippen LogP contribution in [-0.2, 0) is 0 Å². The zero-order valence-corrected chi connectivity index (χ0v) is 8.86. The van der Waals surface area contributed by atoms with Gasteiger partial charge in [0, 0.05) is 11.6 Å². The van der Waals surface area contributed by atoms with Crippen LogP contribution in [0.1, 0.15) is 48.0 Å². The Morgan fingerprint density at radius 1 is 1.18 bits per heavy atom. The molecule has 0 rings (SSSR count). The first kappa shape index (κ1) is 11.0. The van der Waals surface area contributed by atoms with Gasteiger partial charge >= 0.3 is 0 Å². The van der Waals surface area contributed by atoms with E-state index in [4.69, 9.17) is 0 Å². The van der Waals surface area contributed by atoms with Gasteiger partial charge in [0.25, 0.3) is 0 Å². The first-order valence-corrected chi connectivity index (χ1v) is 4.67. The Labute approximate surface area is 71.6 Å². The summed E-state index contributed by atoms with van der Waals surface area (Å²) in [6.07, 6.45) is 1.20. The summed E-state index contributed by atoms with van der Waals surface area (Å²) in [4.78, 5) is 0. The van der Waals surface area contributed by atoms with Gasteiger partial charge in [0.2, 0.25) is 0 Å². The highest BCUT2D eigenvalue weighted by atomic mass is 15.0. The fourth-order valence-corrected chi connectivity index (χ4v) is 0.904. The predicted molar refractivity (Wildman–Crippen MR) is 51.8 cm³/mol. The van der Waals surface area contributed by atoms with Crippen LogP contribution in [0.25, 0.3) is 0 Å². The fourth-order valence-electron chi connectivity index (χ4n) is 0.904. The van der Waals surface area contributed by atoms with E-state index in [0.29, 0.717) is 12.0 Å². The van der Waals surface area contributed by atoms with Crippen molar-refractivity contribution in [1.82, 2.24) is 5.32 Å². The van der Waals surface area contributed by atoms with Crippen molar-refractivity contribution in [2.45, 2.75) is 59.5 Å². The minimum atomic E-state index is 0.273. The summed E-state index contributed by atoms with van der Waals surface area (Å²) in [5.41, 5.74) is 0.273. The second-order valence-electron chi connectivity index (χ2n) is 4.33. The molecule has 0 unspecified atom stereocenters. The van der Waals surface area contributed by atoms with Crippen molar-refractivity contribution in [3.05, 3.63) is 0 Å². The summed E-state index contributed by atoms with van der Waals surface area (Å²) in [5.74, 6) is 0.691. The van der Waals surface area contributed by atoms with Crippen LogP contribution in [0.3, 0.4) is 0 Å². The second-order valence-corrected chi connectivity index (χ2v) is 4.33. The van der Waals surface area contributed by atoms with E-state index in [1.54, 1.807) is 0 Å². The largest absolute Gasteiger partial charge is 0.309 e. The van der Waals surface area contributed by atoms with E-state index in [9.17, 15) is 0 Å². The number of hydrogen-bond acceptors (Lipinski definition) is 1. The van der Waals surface area contributed by atoms with Crippen molar-refractivity contribution in [2.75, 3.05) is 0 Å². The standard InChI is InChI=1S/C10H23N/c1-7-9(4)11-10(5,6)8(2)3/h8-9,11H,7H2,1-6H3/t9-/m0/s1. The molecule has 1 heteroatoms. The molecule has 11 heavy (non-hydrogen) atoms. The van der Waals surface area contributed by atoms with Crippen LogP contribution in [0.5, 0.6) is 0 Å². The Morgan fingerprint density at radius 2 is 1.64 bits per heavy atom. The molecule has 0 aromatic rings. The maximum absolute atomic E-state index is 3.61. The van der Waals surface area contributed by atoms with Crippen LogP contribution in [-0.4, -0.2) is 11.6 Å². The van der Waals surface area contributed by atoms with Gasteiger partial charge in [0.05, 0.1) is 0 Å². The van der Waals surface area contributed by atoms with E-state index < -0.39 is 0 Å². The van der Waals surface area contributed by atoms with Crippen molar-refractivity contribution < 1.29 is 0 Å². The molecule has 1 nitrogen and oxygen atoms in total. The number of hydrogen-bond donors (Lipinski definition) is 1. The monoisotopic (exact) mass is 157 g/mol. The minimum absolute atomic E-state index is 0.273. The molecule has 0 saturated carbocycles. The lowest BCUT2D eigenvalue weighted by Gasteiger charge is -2.33. The molecule has 0 aromatic heterocycles. The summed E-state index contributed by atoms with van der Waals surface area (Å²) in [7, 11) is 0. The summed E-state index contributed by atoms with van der Waals surface area (Å²) in [6.45, 7) is 13.5. The third-order valence-corrected chi connectivity index (χ3v) is 2.67. The molecule has 1 N–H and O–H groups in total. The van der Waals surface area contributed by atoms with Gasteiger partial charge < -0.3 is 5.32 Å². The molecule has 1 atom stereocenters. The van der Waals surface area contributed by atoms with E-state index in [2.05, 4.69) is 46.9 Å². The van der Waals surface area contributed by atoms with E-state index in [1.165, 1.54) is 6.42 Å². The summed E-state index contributed by atoms with van der Waals surface area (Å²) in [6, 6.07) is 0.632. The van der Waals surface area contributed by atoms with Crippen molar-refractivity contribution in [1.29, 1.82) is 0 Å². The molecule has 0 amide bonds. The minimum Gasteiger partial charge on any atom is -0.309 e. The molecule has 0 fully saturated rings. The maximum Gasteiger partial charge on any atom is 0.0150 e. The normalized spacial score (nSPS) is 15.5. The van der Waals surface area contributed by atoms with Crippen molar-refractivity contribution >= 4 is 0 Å². The van der Waals surface area contributed by atoms with E-state index >= 15 is 0 Å². The average Bonchev–Trinajstić information content (AvgIpc) is 1.86. The van der Waals surface area contributed by atoms with Crippen molar-refractivity contribution in [3.63, 3.8) is 0 Å². The molecule has 0 heterocycles. The Kier molecular flexibility index (Phi) is 4.09. The van der Waals surface area contributed by atoms with Crippen LogP contribution in [0.15, 0.2) is 0 Å². The van der Waals surface area contributed by atoms with E-state index in [1.807, 2.05) is 0 Å². The third kappa shape index (κ3) is 3.76. The van der Waals surface area contributed by atoms with Gasteiger partial charge in [0.15, 0.2) is 0 Å². The Morgan fingerprint density at radius 3 is 1.91 bits per heavy atom. The smallest absolute Gasteiger partial charge is 0.0150 e. The molecule has 0 aromatic carbocycles. The first-order chi connectivity index (χ1) is 4.90. The van der Waals surface area contributed by atoms with Crippen LogP contribution in [0, 0.1) is 5.92 Å². The summed E-state index contributed by atoms with van der Waals surface area (Å²) in [5, 5.41) is 3.61. The number of rotatable bonds is 4. The quantitative estimate of drug-likeness (QED) is 0.661. The summed E-state index contributed by atoms with van der Waals surface area (Å²) < 4.78 is 0. The molecule has 0 aliphatic heterocycles. The van der Waals surface area contributed by atoms with Crippen molar-refractivity contribution in [3.8, 4) is 0 Å². The Hall–Kier alpha value is -0.0400. The molecular weight excluding hydrogens is 134 g/mol. The highest BCUT2D eigenvalue weighted by Crippen LogP contribution is 2.16. The van der Waals surface area contributed by atoms with Gasteiger partial charge in [-0.1, -0.05) is 20.8 Å². The van der Waals surface area contributed by atoms with Gasteiger partial charge in [-0.2, -0.15) is 0 Å². The molecule has 0 aliphatic carbocycles. The predicted octanol–water partition coefficient (Wildman–Crippen LogP) is 2.81. The number of nitrogens with one attached hydrogen (secondary N) is 1. The molecule has 0 bridgehead atoms. The zero-order chi connectivity index (χ0) is 9.07. The van der Waals surface area contributed by atoms with Crippen LogP contribution in [0.4, 0.5) is 0 Å². The highest BCUT2D eigenvalue weighted by Gasteiger charge is 2.22. The van der Waals surface area contributed by atoms with E-state index in [-0.39, 0.29) is 5.54 Å². The Bertz CT molecular complexity index is 105. The zero-order valence-electron chi connectivity index (χ0n) is 8.86. The van der Waals surface area contributed by atoms with Crippen LogP contribution >= 0.6 is 0 Å². The average molecular weight is 157 g/mol.